The van der Waals surface area contributed by atoms with Gasteiger partial charge in [-0.15, -0.1) is 0 Å². The van der Waals surface area contributed by atoms with E-state index in [1.807, 2.05) is 31.2 Å². The summed E-state index contributed by atoms with van der Waals surface area (Å²) in [6.07, 6.45) is 2.45. The largest absolute Gasteiger partial charge is 0.493 e. The molecule has 0 unspecified atom stereocenters. The molecular formula is C22H19ClO3. The summed E-state index contributed by atoms with van der Waals surface area (Å²) in [5.74, 6) is 1.82. The second-order valence-corrected chi connectivity index (χ2v) is 6.87. The fourth-order valence-electron chi connectivity index (χ4n) is 3.36. The standard InChI is InChI=1S/C22H19ClO3/c1-2-11-25-20-10-8-15(23)12-18(20)21-13-19(24)17-9-7-14-5-3-4-6-16(14)22(17)26-21/h3-6,8,10,12-13H,2,7,9,11H2,1H3. The number of hydrogen-bond acceptors (Lipinski definition) is 3. The summed E-state index contributed by atoms with van der Waals surface area (Å²) in [5, 5.41) is 0.574. The van der Waals surface area contributed by atoms with Gasteiger partial charge in [-0.05, 0) is 43.0 Å². The molecule has 4 heteroatoms. The quantitative estimate of drug-likeness (QED) is 0.610. The number of ether oxygens (including phenoxy) is 1. The van der Waals surface area contributed by atoms with Crippen molar-refractivity contribution in [3.05, 3.63) is 74.9 Å². The van der Waals surface area contributed by atoms with Crippen molar-refractivity contribution in [2.45, 2.75) is 26.2 Å². The summed E-state index contributed by atoms with van der Waals surface area (Å²) in [6, 6.07) is 15.0. The van der Waals surface area contributed by atoms with Gasteiger partial charge in [-0.2, -0.15) is 0 Å². The zero-order valence-corrected chi connectivity index (χ0v) is 15.3. The molecule has 0 bridgehead atoms. The van der Waals surface area contributed by atoms with Gasteiger partial charge in [0.2, 0.25) is 0 Å². The highest BCUT2D eigenvalue weighted by Crippen LogP contribution is 2.37. The van der Waals surface area contributed by atoms with Gasteiger partial charge in [0.15, 0.2) is 5.43 Å². The third-order valence-electron chi connectivity index (χ3n) is 4.62. The zero-order valence-electron chi connectivity index (χ0n) is 14.5. The molecule has 0 atom stereocenters. The molecule has 1 aliphatic carbocycles. The molecule has 0 amide bonds. The lowest BCUT2D eigenvalue weighted by Gasteiger charge is -2.19. The van der Waals surface area contributed by atoms with Crippen molar-refractivity contribution in [1.82, 2.24) is 0 Å². The maximum atomic E-state index is 12.7. The van der Waals surface area contributed by atoms with Crippen LogP contribution in [0.3, 0.4) is 0 Å². The molecule has 4 rings (SSSR count). The first-order chi connectivity index (χ1) is 12.7. The second kappa shape index (κ2) is 7.00. The van der Waals surface area contributed by atoms with Gasteiger partial charge < -0.3 is 9.15 Å². The summed E-state index contributed by atoms with van der Waals surface area (Å²) in [5.41, 5.74) is 3.64. The summed E-state index contributed by atoms with van der Waals surface area (Å²) in [7, 11) is 0. The van der Waals surface area contributed by atoms with Crippen LogP contribution in [0.1, 0.15) is 24.5 Å². The van der Waals surface area contributed by atoms with Crippen LogP contribution in [0.25, 0.3) is 22.6 Å². The van der Waals surface area contributed by atoms with E-state index in [2.05, 4.69) is 6.07 Å². The van der Waals surface area contributed by atoms with Crippen LogP contribution in [0.5, 0.6) is 5.75 Å². The minimum absolute atomic E-state index is 0.00262. The Balaban J connectivity index is 1.90. The summed E-state index contributed by atoms with van der Waals surface area (Å²) >= 11 is 6.19. The van der Waals surface area contributed by atoms with Gasteiger partial charge in [0, 0.05) is 22.2 Å². The molecule has 0 spiro atoms. The minimum Gasteiger partial charge on any atom is -0.493 e. The Hall–Kier alpha value is -2.52. The molecular weight excluding hydrogens is 348 g/mol. The average Bonchev–Trinajstić information content (AvgIpc) is 2.66. The van der Waals surface area contributed by atoms with Crippen LogP contribution in [-0.2, 0) is 12.8 Å². The number of hydrogen-bond donors (Lipinski definition) is 0. The Morgan fingerprint density at radius 3 is 2.77 bits per heavy atom. The molecule has 132 valence electrons. The Morgan fingerprint density at radius 1 is 1.08 bits per heavy atom. The number of aryl methyl sites for hydroxylation is 1. The Morgan fingerprint density at radius 2 is 1.92 bits per heavy atom. The third kappa shape index (κ3) is 3.04. The van der Waals surface area contributed by atoms with Crippen molar-refractivity contribution >= 4 is 11.6 Å². The van der Waals surface area contributed by atoms with Gasteiger partial charge in [0.1, 0.15) is 17.3 Å². The fraction of sp³-hybridized carbons (Fsp3) is 0.227. The average molecular weight is 367 g/mol. The van der Waals surface area contributed by atoms with E-state index in [0.717, 1.165) is 24.0 Å². The molecule has 26 heavy (non-hydrogen) atoms. The Bertz CT molecular complexity index is 1020. The minimum atomic E-state index is -0.00262. The lowest BCUT2D eigenvalue weighted by atomic mass is 9.89. The second-order valence-electron chi connectivity index (χ2n) is 6.43. The number of benzene rings is 2. The molecule has 0 aliphatic heterocycles. The Kier molecular flexibility index (Phi) is 4.56. The highest BCUT2D eigenvalue weighted by atomic mass is 35.5. The van der Waals surface area contributed by atoms with Gasteiger partial charge in [-0.25, -0.2) is 0 Å². The number of fused-ring (bicyclic) bond motifs is 3. The SMILES string of the molecule is CCCOc1ccc(Cl)cc1-c1cc(=O)c2c(o1)-c1ccccc1CC2. The van der Waals surface area contributed by atoms with Crippen molar-refractivity contribution in [3.63, 3.8) is 0 Å². The number of rotatable bonds is 4. The highest BCUT2D eigenvalue weighted by molar-refractivity contribution is 6.30. The van der Waals surface area contributed by atoms with E-state index in [1.165, 1.54) is 5.56 Å². The monoisotopic (exact) mass is 366 g/mol. The van der Waals surface area contributed by atoms with Gasteiger partial charge in [-0.1, -0.05) is 42.8 Å². The number of halogens is 1. The first kappa shape index (κ1) is 16.9. The van der Waals surface area contributed by atoms with E-state index in [-0.39, 0.29) is 5.43 Å². The van der Waals surface area contributed by atoms with E-state index in [4.69, 9.17) is 20.8 Å². The smallest absolute Gasteiger partial charge is 0.189 e. The molecule has 1 aromatic heterocycles. The van der Waals surface area contributed by atoms with Gasteiger partial charge in [-0.3, -0.25) is 4.79 Å². The van der Waals surface area contributed by atoms with Gasteiger partial charge in [0.25, 0.3) is 0 Å². The molecule has 0 saturated heterocycles. The highest BCUT2D eigenvalue weighted by Gasteiger charge is 2.22. The summed E-state index contributed by atoms with van der Waals surface area (Å²) in [6.45, 7) is 2.64. The maximum Gasteiger partial charge on any atom is 0.189 e. The van der Waals surface area contributed by atoms with E-state index in [9.17, 15) is 4.79 Å². The van der Waals surface area contributed by atoms with E-state index < -0.39 is 0 Å². The van der Waals surface area contributed by atoms with Crippen LogP contribution in [0.2, 0.25) is 5.02 Å². The first-order valence-electron chi connectivity index (χ1n) is 8.85. The fourth-order valence-corrected chi connectivity index (χ4v) is 3.53. The molecule has 3 aromatic rings. The molecule has 2 aromatic carbocycles. The molecule has 0 N–H and O–H groups in total. The predicted octanol–water partition coefficient (Wildman–Crippen LogP) is 5.51. The van der Waals surface area contributed by atoms with E-state index in [1.54, 1.807) is 18.2 Å². The van der Waals surface area contributed by atoms with Crippen LogP contribution in [0.15, 0.2) is 57.7 Å². The zero-order chi connectivity index (χ0) is 18.1. The topological polar surface area (TPSA) is 39.4 Å². The molecule has 0 radical (unpaired) electrons. The van der Waals surface area contributed by atoms with Crippen LogP contribution in [0.4, 0.5) is 0 Å². The lowest BCUT2D eigenvalue weighted by Crippen LogP contribution is -2.15. The van der Waals surface area contributed by atoms with Crippen molar-refractivity contribution in [1.29, 1.82) is 0 Å². The summed E-state index contributed by atoms with van der Waals surface area (Å²) < 4.78 is 12.1. The van der Waals surface area contributed by atoms with E-state index in [0.29, 0.717) is 40.9 Å². The van der Waals surface area contributed by atoms with Crippen LogP contribution >= 0.6 is 11.6 Å². The normalized spacial score (nSPS) is 12.4. The first-order valence-corrected chi connectivity index (χ1v) is 9.23. The molecule has 0 saturated carbocycles. The van der Waals surface area contributed by atoms with Crippen LogP contribution in [-0.4, -0.2) is 6.61 Å². The maximum absolute atomic E-state index is 12.7. The molecule has 3 nitrogen and oxygen atoms in total. The van der Waals surface area contributed by atoms with Crippen molar-refractivity contribution in [2.24, 2.45) is 0 Å². The van der Waals surface area contributed by atoms with E-state index >= 15 is 0 Å². The van der Waals surface area contributed by atoms with Crippen molar-refractivity contribution < 1.29 is 9.15 Å². The predicted molar refractivity (Wildman–Crippen MR) is 104 cm³/mol. The molecule has 1 heterocycles. The molecule has 1 aliphatic rings. The Labute approximate surface area is 157 Å². The van der Waals surface area contributed by atoms with Crippen molar-refractivity contribution in [2.75, 3.05) is 6.61 Å². The molecule has 0 fully saturated rings. The third-order valence-corrected chi connectivity index (χ3v) is 4.86. The summed E-state index contributed by atoms with van der Waals surface area (Å²) in [4.78, 5) is 12.7. The van der Waals surface area contributed by atoms with Gasteiger partial charge in [0.05, 0.1) is 12.2 Å². The van der Waals surface area contributed by atoms with Crippen molar-refractivity contribution in [3.8, 4) is 28.4 Å². The van der Waals surface area contributed by atoms with Crippen LogP contribution in [0, 0.1) is 0 Å². The van der Waals surface area contributed by atoms with Gasteiger partial charge >= 0.3 is 0 Å². The lowest BCUT2D eigenvalue weighted by molar-refractivity contribution is 0.318. The van der Waals surface area contributed by atoms with Crippen LogP contribution < -0.4 is 10.2 Å².